The molecule has 0 radical (unpaired) electrons. The van der Waals surface area contributed by atoms with Gasteiger partial charge in [-0.25, -0.2) is 0 Å². The standard InChI is InChI=1S/C16H24F6N2O2/c1-3-11-9-23(7-8-26-11)12(4-2)13(25)24-6-5-14(10-24,15(17,18)19)16(20,21)22/h11-12H,3-10H2,1-2H3/t11-,12+/m0/s1. The summed E-state index contributed by atoms with van der Waals surface area (Å²) in [7, 11) is 0. The number of amides is 1. The van der Waals surface area contributed by atoms with Crippen LogP contribution in [0.1, 0.15) is 33.1 Å². The van der Waals surface area contributed by atoms with E-state index in [0.29, 0.717) is 26.1 Å². The van der Waals surface area contributed by atoms with Crippen LogP contribution in [0.4, 0.5) is 26.3 Å². The summed E-state index contributed by atoms with van der Waals surface area (Å²) in [6.07, 6.45) is -11.1. The molecule has 4 nitrogen and oxygen atoms in total. The molecule has 0 aliphatic carbocycles. The number of likely N-dealkylation sites (tertiary alicyclic amines) is 1. The van der Waals surface area contributed by atoms with Crippen molar-refractivity contribution in [1.82, 2.24) is 9.80 Å². The van der Waals surface area contributed by atoms with Gasteiger partial charge in [-0.1, -0.05) is 13.8 Å². The van der Waals surface area contributed by atoms with Crippen LogP contribution in [-0.4, -0.2) is 73.0 Å². The Hall–Kier alpha value is -1.03. The van der Waals surface area contributed by atoms with E-state index in [4.69, 9.17) is 4.74 Å². The van der Waals surface area contributed by atoms with E-state index < -0.39 is 49.2 Å². The van der Waals surface area contributed by atoms with E-state index in [-0.39, 0.29) is 6.10 Å². The molecule has 0 saturated carbocycles. The van der Waals surface area contributed by atoms with E-state index in [1.165, 1.54) is 0 Å². The molecule has 10 heteroatoms. The summed E-state index contributed by atoms with van der Waals surface area (Å²) in [5.74, 6) is -0.667. The van der Waals surface area contributed by atoms with Gasteiger partial charge in [0.25, 0.3) is 0 Å². The van der Waals surface area contributed by atoms with Gasteiger partial charge in [-0.3, -0.25) is 9.69 Å². The van der Waals surface area contributed by atoms with E-state index in [9.17, 15) is 31.1 Å². The van der Waals surface area contributed by atoms with Gasteiger partial charge in [0.15, 0.2) is 5.41 Å². The zero-order chi connectivity index (χ0) is 19.8. The minimum absolute atomic E-state index is 0.0892. The zero-order valence-electron chi connectivity index (χ0n) is 14.8. The first-order valence-electron chi connectivity index (χ1n) is 8.74. The number of rotatable bonds is 4. The van der Waals surface area contributed by atoms with Crippen LogP contribution in [0.3, 0.4) is 0 Å². The van der Waals surface area contributed by atoms with Gasteiger partial charge in [-0.2, -0.15) is 26.3 Å². The molecule has 152 valence electrons. The molecule has 2 atom stereocenters. The van der Waals surface area contributed by atoms with Crippen molar-refractivity contribution in [2.24, 2.45) is 5.41 Å². The predicted octanol–water partition coefficient (Wildman–Crippen LogP) is 3.22. The predicted molar refractivity (Wildman–Crippen MR) is 81.4 cm³/mol. The van der Waals surface area contributed by atoms with Crippen LogP contribution in [0.25, 0.3) is 0 Å². The third kappa shape index (κ3) is 3.81. The molecule has 0 N–H and O–H groups in total. The average Bonchev–Trinajstić information content (AvgIpc) is 3.02. The smallest absolute Gasteiger partial charge is 0.376 e. The van der Waals surface area contributed by atoms with Crippen molar-refractivity contribution < 1.29 is 35.9 Å². The molecule has 1 amide bonds. The molecule has 2 aliphatic rings. The molecule has 2 fully saturated rings. The van der Waals surface area contributed by atoms with Gasteiger partial charge < -0.3 is 9.64 Å². The molecule has 2 heterocycles. The third-order valence-electron chi connectivity index (χ3n) is 5.40. The van der Waals surface area contributed by atoms with Crippen molar-refractivity contribution in [3.63, 3.8) is 0 Å². The average molecular weight is 390 g/mol. The normalized spacial score (nSPS) is 26.2. The summed E-state index contributed by atoms with van der Waals surface area (Å²) in [4.78, 5) is 15.3. The van der Waals surface area contributed by atoms with Gasteiger partial charge in [-0.15, -0.1) is 0 Å². The van der Waals surface area contributed by atoms with Gasteiger partial charge in [0.05, 0.1) is 18.8 Å². The van der Waals surface area contributed by atoms with Crippen LogP contribution in [0.5, 0.6) is 0 Å². The highest BCUT2D eigenvalue weighted by Crippen LogP contribution is 2.55. The number of ether oxygens (including phenoxy) is 1. The number of alkyl halides is 6. The minimum atomic E-state index is -5.45. The maximum atomic E-state index is 13.2. The first-order chi connectivity index (χ1) is 12.0. The summed E-state index contributed by atoms with van der Waals surface area (Å²) in [6.45, 7) is 2.97. The quantitative estimate of drug-likeness (QED) is 0.691. The number of halogens is 6. The second kappa shape index (κ2) is 7.53. The molecule has 0 aromatic carbocycles. The maximum absolute atomic E-state index is 13.2. The Kier molecular flexibility index (Phi) is 6.16. The van der Waals surface area contributed by atoms with Gasteiger partial charge >= 0.3 is 12.4 Å². The maximum Gasteiger partial charge on any atom is 0.404 e. The van der Waals surface area contributed by atoms with E-state index >= 15 is 0 Å². The number of carbonyl (C=O) groups is 1. The van der Waals surface area contributed by atoms with E-state index in [1.54, 1.807) is 11.8 Å². The fourth-order valence-electron chi connectivity index (χ4n) is 3.69. The van der Waals surface area contributed by atoms with Crippen LogP contribution in [0.2, 0.25) is 0 Å². The Morgan fingerprint density at radius 1 is 1.15 bits per heavy atom. The van der Waals surface area contributed by atoms with Crippen molar-refractivity contribution in [3.05, 3.63) is 0 Å². The number of hydrogen-bond acceptors (Lipinski definition) is 3. The second-order valence-corrected chi connectivity index (χ2v) is 6.91. The fourth-order valence-corrected chi connectivity index (χ4v) is 3.69. The molecular weight excluding hydrogens is 366 g/mol. The topological polar surface area (TPSA) is 32.8 Å². The van der Waals surface area contributed by atoms with Crippen LogP contribution >= 0.6 is 0 Å². The van der Waals surface area contributed by atoms with Crippen molar-refractivity contribution in [2.75, 3.05) is 32.8 Å². The van der Waals surface area contributed by atoms with Crippen LogP contribution in [-0.2, 0) is 9.53 Å². The second-order valence-electron chi connectivity index (χ2n) is 6.91. The van der Waals surface area contributed by atoms with E-state index in [2.05, 4.69) is 0 Å². The Balaban J connectivity index is 2.16. The number of carbonyl (C=O) groups excluding carboxylic acids is 1. The van der Waals surface area contributed by atoms with Crippen LogP contribution in [0.15, 0.2) is 0 Å². The van der Waals surface area contributed by atoms with Crippen molar-refractivity contribution >= 4 is 5.91 Å². The Morgan fingerprint density at radius 3 is 2.23 bits per heavy atom. The van der Waals surface area contributed by atoms with Gasteiger partial charge in [0.1, 0.15) is 0 Å². The summed E-state index contributed by atoms with van der Waals surface area (Å²) in [5, 5.41) is 0. The first kappa shape index (κ1) is 21.3. The SMILES string of the molecule is CC[C@H]1CN([C@H](CC)C(=O)N2CCC(C(F)(F)F)(C(F)(F)F)C2)CCO1. The van der Waals surface area contributed by atoms with Gasteiger partial charge in [0, 0.05) is 26.2 Å². The molecule has 0 unspecified atom stereocenters. The summed E-state index contributed by atoms with van der Waals surface area (Å²) < 4.78 is 84.7. The van der Waals surface area contributed by atoms with Crippen molar-refractivity contribution in [3.8, 4) is 0 Å². The van der Waals surface area contributed by atoms with E-state index in [0.717, 1.165) is 11.3 Å². The minimum Gasteiger partial charge on any atom is -0.376 e. The highest BCUT2D eigenvalue weighted by atomic mass is 19.4. The first-order valence-corrected chi connectivity index (χ1v) is 8.74. The molecular formula is C16H24F6N2O2. The lowest BCUT2D eigenvalue weighted by atomic mass is 9.85. The van der Waals surface area contributed by atoms with Crippen molar-refractivity contribution in [1.29, 1.82) is 0 Å². The van der Waals surface area contributed by atoms with Crippen LogP contribution < -0.4 is 0 Å². The van der Waals surface area contributed by atoms with Gasteiger partial charge in [-0.05, 0) is 19.3 Å². The van der Waals surface area contributed by atoms with E-state index in [1.807, 2.05) is 6.92 Å². The Bertz CT molecular complexity index is 494. The molecule has 2 saturated heterocycles. The lowest BCUT2D eigenvalue weighted by Crippen LogP contribution is -2.56. The summed E-state index contributed by atoms with van der Waals surface area (Å²) in [6, 6.07) is -0.731. The van der Waals surface area contributed by atoms with Crippen LogP contribution in [0, 0.1) is 5.41 Å². The molecule has 0 aromatic rings. The van der Waals surface area contributed by atoms with Gasteiger partial charge in [0.2, 0.25) is 5.91 Å². The molecule has 2 rings (SSSR count). The summed E-state index contributed by atoms with van der Waals surface area (Å²) >= 11 is 0. The highest BCUT2D eigenvalue weighted by molar-refractivity contribution is 5.82. The number of morpholine rings is 1. The highest BCUT2D eigenvalue weighted by Gasteiger charge is 2.73. The number of nitrogens with zero attached hydrogens (tertiary/aromatic N) is 2. The molecule has 0 spiro atoms. The fraction of sp³-hybridized carbons (Fsp3) is 0.938. The largest absolute Gasteiger partial charge is 0.404 e. The Morgan fingerprint density at radius 2 is 1.77 bits per heavy atom. The molecule has 0 bridgehead atoms. The molecule has 26 heavy (non-hydrogen) atoms. The van der Waals surface area contributed by atoms with Crippen molar-refractivity contribution in [2.45, 2.75) is 57.6 Å². The molecule has 0 aromatic heterocycles. The zero-order valence-corrected chi connectivity index (χ0v) is 14.8. The monoisotopic (exact) mass is 390 g/mol. The lowest BCUT2D eigenvalue weighted by Gasteiger charge is -2.39. The summed E-state index contributed by atoms with van der Waals surface area (Å²) in [5.41, 5.74) is -3.84. The lowest BCUT2D eigenvalue weighted by molar-refractivity contribution is -0.334. The number of hydrogen-bond donors (Lipinski definition) is 0. The Labute approximate surface area is 148 Å². The molecule has 2 aliphatic heterocycles. The third-order valence-corrected chi connectivity index (χ3v) is 5.40.